The molecule has 0 aliphatic carbocycles. The summed E-state index contributed by atoms with van der Waals surface area (Å²) in [5.74, 6) is -1.09. The van der Waals surface area contributed by atoms with E-state index in [4.69, 9.17) is 5.11 Å². The van der Waals surface area contributed by atoms with Crippen LogP contribution < -0.4 is 5.32 Å². The molecule has 1 aliphatic heterocycles. The van der Waals surface area contributed by atoms with Crippen LogP contribution in [0.5, 0.6) is 0 Å². The monoisotopic (exact) mass is 270 g/mol. The topological polar surface area (TPSA) is 69.6 Å². The van der Waals surface area contributed by atoms with E-state index in [1.54, 1.807) is 18.7 Å². The van der Waals surface area contributed by atoms with E-state index in [-0.39, 0.29) is 17.4 Å². The molecule has 0 saturated carbocycles. The zero-order chi connectivity index (χ0) is 14.6. The van der Waals surface area contributed by atoms with Crippen molar-refractivity contribution in [2.24, 2.45) is 11.3 Å². The van der Waals surface area contributed by atoms with E-state index < -0.39 is 12.0 Å². The summed E-state index contributed by atoms with van der Waals surface area (Å²) in [4.78, 5) is 25.0. The Morgan fingerprint density at radius 3 is 2.26 bits per heavy atom. The molecule has 1 atom stereocenters. The van der Waals surface area contributed by atoms with E-state index in [0.29, 0.717) is 0 Å². The van der Waals surface area contributed by atoms with E-state index in [1.807, 2.05) is 0 Å². The van der Waals surface area contributed by atoms with Gasteiger partial charge in [0, 0.05) is 13.1 Å². The number of hydrogen-bond donors (Lipinski definition) is 2. The zero-order valence-corrected chi connectivity index (χ0v) is 12.4. The first-order valence-corrected chi connectivity index (χ1v) is 7.13. The number of amides is 2. The number of nitrogens with one attached hydrogen (secondary N) is 1. The average Bonchev–Trinajstić information content (AvgIpc) is 2.80. The van der Waals surface area contributed by atoms with Gasteiger partial charge < -0.3 is 15.3 Å². The summed E-state index contributed by atoms with van der Waals surface area (Å²) >= 11 is 0. The lowest BCUT2D eigenvalue weighted by Crippen LogP contribution is -2.49. The van der Waals surface area contributed by atoms with Gasteiger partial charge in [-0.3, -0.25) is 0 Å². The highest BCUT2D eigenvalue weighted by atomic mass is 16.4. The molecule has 1 rings (SSSR count). The summed E-state index contributed by atoms with van der Waals surface area (Å²) in [6, 6.07) is -1.06. The lowest BCUT2D eigenvalue weighted by Gasteiger charge is -2.27. The van der Waals surface area contributed by atoms with E-state index in [9.17, 15) is 9.59 Å². The van der Waals surface area contributed by atoms with Gasteiger partial charge in [0.05, 0.1) is 0 Å². The number of likely N-dealkylation sites (tertiary alicyclic amines) is 1. The smallest absolute Gasteiger partial charge is 0.326 e. The number of nitrogens with zero attached hydrogens (tertiary/aromatic N) is 1. The summed E-state index contributed by atoms with van der Waals surface area (Å²) in [5, 5.41) is 11.7. The minimum atomic E-state index is -0.972. The quantitative estimate of drug-likeness (QED) is 0.805. The van der Waals surface area contributed by atoms with Gasteiger partial charge in [-0.15, -0.1) is 0 Å². The Morgan fingerprint density at radius 1 is 1.32 bits per heavy atom. The third-order valence-electron chi connectivity index (χ3n) is 4.44. The van der Waals surface area contributed by atoms with Crippen molar-refractivity contribution in [3.63, 3.8) is 0 Å². The Bertz CT molecular complexity index is 338. The van der Waals surface area contributed by atoms with Crippen LogP contribution >= 0.6 is 0 Å². The van der Waals surface area contributed by atoms with Crippen molar-refractivity contribution >= 4 is 12.0 Å². The normalized spacial score (nSPS) is 19.5. The number of carboxylic acid groups (broad SMARTS) is 1. The Hall–Kier alpha value is -1.26. The van der Waals surface area contributed by atoms with Crippen LogP contribution in [0.25, 0.3) is 0 Å². The Labute approximate surface area is 115 Å². The Morgan fingerprint density at radius 2 is 1.89 bits per heavy atom. The molecule has 0 radical (unpaired) electrons. The highest BCUT2D eigenvalue weighted by molar-refractivity contribution is 5.82. The van der Waals surface area contributed by atoms with Gasteiger partial charge in [-0.1, -0.05) is 27.7 Å². The molecule has 0 aromatic carbocycles. The van der Waals surface area contributed by atoms with E-state index in [0.717, 1.165) is 32.4 Å². The molecule has 1 aliphatic rings. The van der Waals surface area contributed by atoms with Crippen LogP contribution in [0.2, 0.25) is 0 Å². The fraction of sp³-hybridized carbons (Fsp3) is 0.857. The summed E-state index contributed by atoms with van der Waals surface area (Å²) in [7, 11) is 0. The Kier molecular flexibility index (Phi) is 5.20. The Balaban J connectivity index is 2.63. The van der Waals surface area contributed by atoms with Crippen molar-refractivity contribution in [3.8, 4) is 0 Å². The number of carbonyl (C=O) groups is 2. The molecular weight excluding hydrogens is 244 g/mol. The van der Waals surface area contributed by atoms with Gasteiger partial charge in [0.15, 0.2) is 0 Å². The van der Waals surface area contributed by atoms with Crippen molar-refractivity contribution in [3.05, 3.63) is 0 Å². The maximum absolute atomic E-state index is 12.1. The first kappa shape index (κ1) is 15.8. The molecule has 2 amide bonds. The molecule has 1 heterocycles. The lowest BCUT2D eigenvalue weighted by atomic mass is 9.82. The van der Waals surface area contributed by atoms with Gasteiger partial charge in [-0.2, -0.15) is 0 Å². The average molecular weight is 270 g/mol. The first-order chi connectivity index (χ1) is 8.85. The molecule has 0 unspecified atom stereocenters. The molecule has 1 fully saturated rings. The fourth-order valence-electron chi connectivity index (χ4n) is 2.67. The second-order valence-electron chi connectivity index (χ2n) is 5.89. The number of rotatable bonds is 5. The third kappa shape index (κ3) is 3.61. The summed E-state index contributed by atoms with van der Waals surface area (Å²) in [6.45, 7) is 9.35. The largest absolute Gasteiger partial charge is 0.480 e. The number of aliphatic carboxylic acids is 1. The van der Waals surface area contributed by atoms with Crippen molar-refractivity contribution in [1.29, 1.82) is 0 Å². The molecule has 5 heteroatoms. The predicted octanol–water partition coefficient (Wildman–Crippen LogP) is 2.32. The molecule has 0 spiro atoms. The lowest BCUT2D eigenvalue weighted by molar-refractivity contribution is -0.140. The van der Waals surface area contributed by atoms with Gasteiger partial charge in [0.2, 0.25) is 0 Å². The minimum absolute atomic E-state index is 0.119. The molecule has 1 saturated heterocycles. The molecule has 19 heavy (non-hydrogen) atoms. The molecule has 0 aromatic heterocycles. The first-order valence-electron chi connectivity index (χ1n) is 7.13. The van der Waals surface area contributed by atoms with Gasteiger partial charge in [0.25, 0.3) is 0 Å². The maximum atomic E-state index is 12.1. The third-order valence-corrected chi connectivity index (χ3v) is 4.44. The van der Waals surface area contributed by atoms with Crippen LogP contribution in [0.3, 0.4) is 0 Å². The number of carboxylic acids is 1. The van der Waals surface area contributed by atoms with Gasteiger partial charge in [-0.05, 0) is 30.6 Å². The van der Waals surface area contributed by atoms with Gasteiger partial charge in [0.1, 0.15) is 6.04 Å². The van der Waals surface area contributed by atoms with Crippen molar-refractivity contribution in [2.75, 3.05) is 13.1 Å². The highest BCUT2D eigenvalue weighted by Crippen LogP contribution is 2.36. The van der Waals surface area contributed by atoms with Crippen LogP contribution in [-0.2, 0) is 4.79 Å². The molecular formula is C14H26N2O3. The van der Waals surface area contributed by atoms with Crippen LogP contribution in [0, 0.1) is 11.3 Å². The van der Waals surface area contributed by atoms with Crippen LogP contribution in [-0.4, -0.2) is 41.1 Å². The van der Waals surface area contributed by atoms with Gasteiger partial charge in [-0.25, -0.2) is 9.59 Å². The van der Waals surface area contributed by atoms with Crippen molar-refractivity contribution in [1.82, 2.24) is 10.2 Å². The molecule has 0 bridgehead atoms. The molecule has 5 nitrogen and oxygen atoms in total. The zero-order valence-electron chi connectivity index (χ0n) is 12.4. The molecule has 2 N–H and O–H groups in total. The summed E-state index contributed by atoms with van der Waals surface area (Å²) < 4.78 is 0. The van der Waals surface area contributed by atoms with Crippen LogP contribution in [0.4, 0.5) is 4.79 Å². The number of carbonyl (C=O) groups excluding carboxylic acids is 1. The van der Waals surface area contributed by atoms with E-state index >= 15 is 0 Å². The SMILES string of the molecule is CCC1(CC)CCN(C(=O)N[C@@H](C(=O)O)C(C)C)C1. The fourth-order valence-corrected chi connectivity index (χ4v) is 2.67. The van der Waals surface area contributed by atoms with E-state index in [2.05, 4.69) is 19.2 Å². The van der Waals surface area contributed by atoms with Crippen molar-refractivity contribution < 1.29 is 14.7 Å². The number of hydrogen-bond acceptors (Lipinski definition) is 2. The summed E-state index contributed by atoms with van der Waals surface area (Å²) in [6.07, 6.45) is 3.12. The second-order valence-corrected chi connectivity index (χ2v) is 5.89. The van der Waals surface area contributed by atoms with Crippen LogP contribution in [0.15, 0.2) is 0 Å². The second kappa shape index (κ2) is 6.26. The van der Waals surface area contributed by atoms with E-state index in [1.165, 1.54) is 0 Å². The maximum Gasteiger partial charge on any atom is 0.326 e. The molecule has 0 aromatic rings. The minimum Gasteiger partial charge on any atom is -0.480 e. The molecule has 110 valence electrons. The standard InChI is InChI=1S/C14H26N2O3/c1-5-14(6-2)7-8-16(9-14)13(19)15-11(10(3)4)12(17)18/h10-11H,5-9H2,1-4H3,(H,15,19)(H,17,18)/t11-/m1/s1. The van der Waals surface area contributed by atoms with Crippen LogP contribution in [0.1, 0.15) is 47.0 Å². The van der Waals surface area contributed by atoms with Gasteiger partial charge >= 0.3 is 12.0 Å². The summed E-state index contributed by atoms with van der Waals surface area (Å²) in [5.41, 5.74) is 0.216. The predicted molar refractivity (Wildman–Crippen MR) is 74.0 cm³/mol. The number of urea groups is 1. The highest BCUT2D eigenvalue weighted by Gasteiger charge is 2.38. The van der Waals surface area contributed by atoms with Crippen molar-refractivity contribution in [2.45, 2.75) is 53.0 Å².